The van der Waals surface area contributed by atoms with Gasteiger partial charge in [0.25, 0.3) is 0 Å². The van der Waals surface area contributed by atoms with Crippen molar-refractivity contribution < 1.29 is 0 Å². The molecule has 0 aromatic heterocycles. The molecular weight excluding hydrogens is 589 g/mol. The van der Waals surface area contributed by atoms with Gasteiger partial charge in [-0.15, -0.1) is 0 Å². The molecule has 2 aromatic carbocycles. The summed E-state index contributed by atoms with van der Waals surface area (Å²) in [5.74, 6) is 12.8. The molecule has 272 valence electrons. The second-order valence-corrected chi connectivity index (χ2v) is 19.8. The van der Waals surface area contributed by atoms with Crippen molar-refractivity contribution in [1.29, 1.82) is 0 Å². The van der Waals surface area contributed by atoms with E-state index in [-0.39, 0.29) is 0 Å². The lowest BCUT2D eigenvalue weighted by Gasteiger charge is -2.51. The summed E-state index contributed by atoms with van der Waals surface area (Å²) < 4.78 is 0. The molecule has 0 radical (unpaired) electrons. The molecule has 16 atom stereocenters. The van der Waals surface area contributed by atoms with E-state index in [9.17, 15) is 0 Å². The van der Waals surface area contributed by atoms with Crippen LogP contribution in [0.4, 0.5) is 0 Å². The summed E-state index contributed by atoms with van der Waals surface area (Å²) in [6, 6.07) is 0. The van der Waals surface area contributed by atoms with E-state index in [0.29, 0.717) is 11.8 Å². The van der Waals surface area contributed by atoms with Gasteiger partial charge >= 0.3 is 0 Å². The van der Waals surface area contributed by atoms with Gasteiger partial charge in [0.2, 0.25) is 0 Å². The van der Waals surface area contributed by atoms with E-state index in [2.05, 4.69) is 125 Å². The van der Waals surface area contributed by atoms with Crippen LogP contribution >= 0.6 is 0 Å². The molecule has 4 aliphatic carbocycles. The molecule has 2 aromatic rings. The summed E-state index contributed by atoms with van der Waals surface area (Å²) in [5, 5.41) is 0. The molecule has 0 heteroatoms. The van der Waals surface area contributed by atoms with E-state index in [1.165, 1.54) is 30.4 Å². The Morgan fingerprint density at radius 2 is 0.612 bits per heavy atom. The van der Waals surface area contributed by atoms with Gasteiger partial charge in [-0.3, -0.25) is 0 Å². The number of hydrogen-bond acceptors (Lipinski definition) is 0. The van der Waals surface area contributed by atoms with Gasteiger partial charge in [0, 0.05) is 0 Å². The third kappa shape index (κ3) is 5.39. The molecule has 4 aliphatic rings. The van der Waals surface area contributed by atoms with Crippen LogP contribution in [-0.2, 0) is 0 Å². The van der Waals surface area contributed by atoms with Crippen LogP contribution in [0.2, 0.25) is 0 Å². The Bertz CT molecular complexity index is 1410. The minimum Gasteiger partial charge on any atom is -0.0622 e. The standard InChI is InChI=1S/C49H76/c1-22-19-42-46(36(15)30(9)38(17)48(42)44-32(11)26(5)24(3)27(6)33(44)12)40(22)21-41-23(2)20-43-47(41)37(16)31(10)39(18)49(43)45-34(13)28(7)25(4)29(8)35(45)14/h22-23,30-31,36-43,46-49H,19-21H2,1-18H3. The zero-order chi connectivity index (χ0) is 36.3. The Hall–Kier alpha value is -1.56. The van der Waals surface area contributed by atoms with Crippen molar-refractivity contribution in [3.63, 3.8) is 0 Å². The minimum absolute atomic E-state index is 0.702. The first kappa shape index (κ1) is 37.2. The average Bonchev–Trinajstić information content (AvgIpc) is 3.57. The fraction of sp³-hybridized carbons (Fsp3) is 0.755. The molecule has 16 unspecified atom stereocenters. The van der Waals surface area contributed by atoms with Gasteiger partial charge in [0.15, 0.2) is 0 Å². The molecule has 0 saturated heterocycles. The third-order valence-electron chi connectivity index (χ3n) is 18.6. The van der Waals surface area contributed by atoms with E-state index < -0.39 is 0 Å². The molecule has 49 heavy (non-hydrogen) atoms. The first-order valence-corrected chi connectivity index (χ1v) is 21.0. The van der Waals surface area contributed by atoms with Crippen LogP contribution in [0.5, 0.6) is 0 Å². The Labute approximate surface area is 304 Å². The quantitative estimate of drug-likeness (QED) is 0.305. The minimum atomic E-state index is 0.702. The van der Waals surface area contributed by atoms with Crippen molar-refractivity contribution in [3.05, 3.63) is 66.8 Å². The number of rotatable bonds is 4. The topological polar surface area (TPSA) is 0 Å². The maximum Gasteiger partial charge on any atom is -0.00969 e. The van der Waals surface area contributed by atoms with Gasteiger partial charge in [-0.2, -0.15) is 0 Å². The van der Waals surface area contributed by atoms with E-state index in [4.69, 9.17) is 0 Å². The summed E-state index contributed by atoms with van der Waals surface area (Å²) in [6.07, 6.45) is 4.36. The van der Waals surface area contributed by atoms with Crippen molar-refractivity contribution in [2.75, 3.05) is 0 Å². The molecule has 4 fully saturated rings. The monoisotopic (exact) mass is 665 g/mol. The highest BCUT2D eigenvalue weighted by atomic mass is 14.6. The lowest BCUT2D eigenvalue weighted by Crippen LogP contribution is -2.44. The molecule has 0 bridgehead atoms. The van der Waals surface area contributed by atoms with Crippen LogP contribution in [0, 0.1) is 152 Å². The molecular formula is C49H76. The lowest BCUT2D eigenvalue weighted by atomic mass is 9.53. The summed E-state index contributed by atoms with van der Waals surface area (Å²) in [5.41, 5.74) is 19.2. The van der Waals surface area contributed by atoms with Crippen LogP contribution in [-0.4, -0.2) is 0 Å². The smallest absolute Gasteiger partial charge is 0.00969 e. The molecule has 4 saturated carbocycles. The van der Waals surface area contributed by atoms with Gasteiger partial charge in [0.1, 0.15) is 0 Å². The second kappa shape index (κ2) is 13.1. The highest BCUT2D eigenvalue weighted by molar-refractivity contribution is 5.53. The van der Waals surface area contributed by atoms with Crippen LogP contribution in [0.3, 0.4) is 0 Å². The van der Waals surface area contributed by atoms with E-state index in [1.807, 2.05) is 0 Å². The van der Waals surface area contributed by atoms with Crippen molar-refractivity contribution in [2.45, 2.75) is 156 Å². The Morgan fingerprint density at radius 1 is 0.347 bits per heavy atom. The van der Waals surface area contributed by atoms with Crippen molar-refractivity contribution >= 4 is 0 Å². The van der Waals surface area contributed by atoms with Crippen LogP contribution in [0.15, 0.2) is 0 Å². The first-order valence-electron chi connectivity index (χ1n) is 21.0. The number of hydrogen-bond donors (Lipinski definition) is 0. The van der Waals surface area contributed by atoms with E-state index >= 15 is 0 Å². The second-order valence-electron chi connectivity index (χ2n) is 19.8. The fourth-order valence-electron chi connectivity index (χ4n) is 14.4. The Kier molecular flexibility index (Phi) is 9.97. The normalized spacial score (nSPS) is 42.0. The summed E-state index contributed by atoms with van der Waals surface area (Å²) in [7, 11) is 0. The maximum absolute atomic E-state index is 2.69. The Balaban J connectivity index is 1.38. The first-order chi connectivity index (χ1) is 22.8. The highest BCUT2D eigenvalue weighted by Crippen LogP contribution is 2.66. The maximum atomic E-state index is 2.69. The van der Waals surface area contributed by atoms with Gasteiger partial charge in [-0.05, 0) is 250 Å². The fourth-order valence-corrected chi connectivity index (χ4v) is 14.4. The third-order valence-corrected chi connectivity index (χ3v) is 18.6. The van der Waals surface area contributed by atoms with Gasteiger partial charge < -0.3 is 0 Å². The summed E-state index contributed by atoms with van der Waals surface area (Å²) in [6.45, 7) is 45.5. The molecule has 0 spiro atoms. The Morgan fingerprint density at radius 3 is 0.898 bits per heavy atom. The molecule has 0 aliphatic heterocycles. The van der Waals surface area contributed by atoms with Crippen molar-refractivity contribution in [2.24, 2.45) is 82.9 Å². The zero-order valence-electron chi connectivity index (χ0n) is 35.4. The van der Waals surface area contributed by atoms with Gasteiger partial charge in [0.05, 0.1) is 0 Å². The van der Waals surface area contributed by atoms with Crippen LogP contribution in [0.25, 0.3) is 0 Å². The highest BCUT2D eigenvalue weighted by Gasteiger charge is 2.58. The number of fused-ring (bicyclic) bond motifs is 2. The summed E-state index contributed by atoms with van der Waals surface area (Å²) >= 11 is 0. The predicted molar refractivity (Wildman–Crippen MR) is 214 cm³/mol. The summed E-state index contributed by atoms with van der Waals surface area (Å²) in [4.78, 5) is 0. The predicted octanol–water partition coefficient (Wildman–Crippen LogP) is 13.6. The number of benzene rings is 2. The molecule has 0 heterocycles. The van der Waals surface area contributed by atoms with E-state index in [0.717, 1.165) is 82.9 Å². The van der Waals surface area contributed by atoms with Gasteiger partial charge in [-0.25, -0.2) is 0 Å². The van der Waals surface area contributed by atoms with E-state index in [1.54, 1.807) is 55.6 Å². The molecule has 6 rings (SSSR count). The van der Waals surface area contributed by atoms with Crippen LogP contribution in [0.1, 0.15) is 153 Å². The average molecular weight is 665 g/mol. The van der Waals surface area contributed by atoms with Crippen molar-refractivity contribution in [1.82, 2.24) is 0 Å². The largest absolute Gasteiger partial charge is 0.0622 e. The molecule has 0 amide bonds. The lowest BCUT2D eigenvalue weighted by molar-refractivity contribution is 0.00526. The molecule has 0 nitrogen and oxygen atoms in total. The van der Waals surface area contributed by atoms with Crippen LogP contribution < -0.4 is 0 Å². The van der Waals surface area contributed by atoms with Crippen molar-refractivity contribution in [3.8, 4) is 0 Å². The van der Waals surface area contributed by atoms with Gasteiger partial charge in [-0.1, -0.05) is 55.4 Å². The zero-order valence-corrected chi connectivity index (χ0v) is 35.4. The molecule has 0 N–H and O–H groups in total. The SMILES string of the molecule is Cc1c(C)c(C)c(C2C(C)C(C)C(C)C3C(CC4C(C)CC5C(c6c(C)c(C)c(C)c(C)c6C)C(C)C(C)C(C)C45)C(C)CC23)c(C)c1C.